The van der Waals surface area contributed by atoms with E-state index in [4.69, 9.17) is 0 Å². The van der Waals surface area contributed by atoms with Crippen LogP contribution in [0.15, 0.2) is 24.3 Å². The zero-order chi connectivity index (χ0) is 14.3. The Hall–Kier alpha value is -1.00. The summed E-state index contributed by atoms with van der Waals surface area (Å²) < 4.78 is 24.7. The van der Waals surface area contributed by atoms with Crippen molar-refractivity contribution >= 4 is 0 Å². The third-order valence-corrected chi connectivity index (χ3v) is 3.18. The number of hydrogen-bond acceptors (Lipinski definition) is 2. The van der Waals surface area contributed by atoms with Crippen LogP contribution in [0.25, 0.3) is 0 Å². The van der Waals surface area contributed by atoms with Crippen LogP contribution in [0.1, 0.15) is 31.0 Å². The standard InChI is InChI=1S/C15H24F2N2/c1-4-12-6-8-13(9-7-12)14(18-5-2)10-19(3)11-15(16)17/h6-9,14-15,18H,4-5,10-11H2,1-3H3. The quantitative estimate of drug-likeness (QED) is 0.781. The van der Waals surface area contributed by atoms with Crippen molar-refractivity contribution in [2.24, 2.45) is 0 Å². The molecule has 0 amide bonds. The van der Waals surface area contributed by atoms with Gasteiger partial charge in [-0.1, -0.05) is 38.1 Å². The minimum absolute atomic E-state index is 0.0969. The van der Waals surface area contributed by atoms with Gasteiger partial charge in [0.25, 0.3) is 6.43 Å². The summed E-state index contributed by atoms with van der Waals surface area (Å²) in [5.74, 6) is 0. The summed E-state index contributed by atoms with van der Waals surface area (Å²) in [6, 6.07) is 8.48. The first-order valence-electron chi connectivity index (χ1n) is 6.85. The predicted octanol–water partition coefficient (Wildman–Crippen LogP) is 3.10. The van der Waals surface area contributed by atoms with Gasteiger partial charge in [-0.3, -0.25) is 4.90 Å². The molecule has 0 aromatic heterocycles. The molecule has 0 aliphatic heterocycles. The molecular formula is C15H24F2N2. The summed E-state index contributed by atoms with van der Waals surface area (Å²) in [5, 5.41) is 3.35. The highest BCUT2D eigenvalue weighted by molar-refractivity contribution is 5.25. The summed E-state index contributed by atoms with van der Waals surface area (Å²) >= 11 is 0. The lowest BCUT2D eigenvalue weighted by Crippen LogP contribution is -2.35. The molecule has 0 spiro atoms. The van der Waals surface area contributed by atoms with Gasteiger partial charge in [0, 0.05) is 12.6 Å². The molecule has 1 rings (SSSR count). The zero-order valence-electron chi connectivity index (χ0n) is 12.0. The van der Waals surface area contributed by atoms with E-state index in [0.717, 1.165) is 18.5 Å². The van der Waals surface area contributed by atoms with Crippen molar-refractivity contribution in [3.8, 4) is 0 Å². The van der Waals surface area contributed by atoms with Crippen LogP contribution in [0.5, 0.6) is 0 Å². The molecule has 0 bridgehead atoms. The topological polar surface area (TPSA) is 15.3 Å². The SMILES string of the molecule is CCNC(CN(C)CC(F)F)c1ccc(CC)cc1. The Balaban J connectivity index is 2.69. The van der Waals surface area contributed by atoms with Crippen molar-refractivity contribution < 1.29 is 8.78 Å². The highest BCUT2D eigenvalue weighted by Crippen LogP contribution is 2.16. The number of alkyl halides is 2. The number of nitrogens with one attached hydrogen (secondary N) is 1. The Kier molecular flexibility index (Phi) is 6.95. The van der Waals surface area contributed by atoms with Crippen LogP contribution >= 0.6 is 0 Å². The lowest BCUT2D eigenvalue weighted by atomic mass is 10.0. The predicted molar refractivity (Wildman–Crippen MR) is 75.7 cm³/mol. The van der Waals surface area contributed by atoms with Gasteiger partial charge in [0.1, 0.15) is 0 Å². The Morgan fingerprint density at radius 3 is 2.21 bits per heavy atom. The molecule has 1 unspecified atom stereocenters. The van der Waals surface area contributed by atoms with E-state index < -0.39 is 6.43 Å². The first-order valence-corrected chi connectivity index (χ1v) is 6.85. The lowest BCUT2D eigenvalue weighted by Gasteiger charge is -2.25. The molecule has 0 aliphatic carbocycles. The molecule has 1 aromatic rings. The number of benzene rings is 1. The van der Waals surface area contributed by atoms with Crippen LogP contribution in [0.3, 0.4) is 0 Å². The Labute approximate surface area is 114 Å². The molecule has 1 atom stereocenters. The van der Waals surface area contributed by atoms with E-state index in [-0.39, 0.29) is 12.6 Å². The maximum Gasteiger partial charge on any atom is 0.251 e. The monoisotopic (exact) mass is 270 g/mol. The van der Waals surface area contributed by atoms with E-state index in [1.807, 2.05) is 6.92 Å². The molecule has 0 radical (unpaired) electrons. The van der Waals surface area contributed by atoms with Gasteiger partial charge in [-0.25, -0.2) is 8.78 Å². The minimum Gasteiger partial charge on any atom is -0.309 e. The van der Waals surface area contributed by atoms with Crippen LogP contribution in [-0.4, -0.2) is 38.0 Å². The highest BCUT2D eigenvalue weighted by Gasteiger charge is 2.15. The maximum absolute atomic E-state index is 12.4. The van der Waals surface area contributed by atoms with Gasteiger partial charge >= 0.3 is 0 Å². The van der Waals surface area contributed by atoms with Crippen molar-refractivity contribution in [2.75, 3.05) is 26.7 Å². The molecule has 108 valence electrons. The largest absolute Gasteiger partial charge is 0.309 e. The number of likely N-dealkylation sites (N-methyl/N-ethyl adjacent to an activating group) is 2. The van der Waals surface area contributed by atoms with E-state index >= 15 is 0 Å². The lowest BCUT2D eigenvalue weighted by molar-refractivity contribution is 0.0959. The average Bonchev–Trinajstić information content (AvgIpc) is 2.37. The molecular weight excluding hydrogens is 246 g/mol. The zero-order valence-corrected chi connectivity index (χ0v) is 12.0. The van der Waals surface area contributed by atoms with Crippen LogP contribution in [0.2, 0.25) is 0 Å². The Bertz CT molecular complexity index is 352. The van der Waals surface area contributed by atoms with Gasteiger partial charge in [-0.15, -0.1) is 0 Å². The van der Waals surface area contributed by atoms with Crippen molar-refractivity contribution in [3.63, 3.8) is 0 Å². The molecule has 2 nitrogen and oxygen atoms in total. The van der Waals surface area contributed by atoms with E-state index in [9.17, 15) is 8.78 Å². The van der Waals surface area contributed by atoms with Crippen molar-refractivity contribution in [1.29, 1.82) is 0 Å². The third kappa shape index (κ3) is 5.66. The van der Waals surface area contributed by atoms with E-state index in [0.29, 0.717) is 6.54 Å². The molecule has 1 aromatic carbocycles. The smallest absolute Gasteiger partial charge is 0.251 e. The number of halogens is 2. The molecule has 0 saturated heterocycles. The van der Waals surface area contributed by atoms with Crippen LogP contribution in [-0.2, 0) is 6.42 Å². The second kappa shape index (κ2) is 8.23. The van der Waals surface area contributed by atoms with Crippen molar-refractivity contribution in [1.82, 2.24) is 10.2 Å². The molecule has 0 fully saturated rings. The summed E-state index contributed by atoms with van der Waals surface area (Å²) in [6.45, 7) is 5.37. The number of aryl methyl sites for hydroxylation is 1. The van der Waals surface area contributed by atoms with Gasteiger partial charge in [-0.2, -0.15) is 0 Å². The van der Waals surface area contributed by atoms with Crippen LogP contribution in [0.4, 0.5) is 8.78 Å². The summed E-state index contributed by atoms with van der Waals surface area (Å²) in [6.07, 6.45) is -1.27. The second-order valence-electron chi connectivity index (χ2n) is 4.82. The van der Waals surface area contributed by atoms with Crippen molar-refractivity contribution in [3.05, 3.63) is 35.4 Å². The number of rotatable bonds is 8. The summed E-state index contributed by atoms with van der Waals surface area (Å²) in [5.41, 5.74) is 2.44. The fourth-order valence-electron chi connectivity index (χ4n) is 2.14. The van der Waals surface area contributed by atoms with E-state index in [1.54, 1.807) is 11.9 Å². The van der Waals surface area contributed by atoms with Gasteiger partial charge < -0.3 is 5.32 Å². The van der Waals surface area contributed by atoms with Crippen molar-refractivity contribution in [2.45, 2.75) is 32.7 Å². The first-order chi connectivity index (χ1) is 9.06. The van der Waals surface area contributed by atoms with Gasteiger partial charge in [0.05, 0.1) is 6.54 Å². The maximum atomic E-state index is 12.4. The molecule has 19 heavy (non-hydrogen) atoms. The molecule has 0 aliphatic rings. The van der Waals surface area contributed by atoms with Crippen LogP contribution in [0, 0.1) is 0 Å². The van der Waals surface area contributed by atoms with Crippen LogP contribution < -0.4 is 5.32 Å². The van der Waals surface area contributed by atoms with E-state index in [1.165, 1.54) is 5.56 Å². The molecule has 0 heterocycles. The molecule has 1 N–H and O–H groups in total. The van der Waals surface area contributed by atoms with Gasteiger partial charge in [0.15, 0.2) is 0 Å². The minimum atomic E-state index is -2.28. The normalized spacial score (nSPS) is 13.2. The van der Waals surface area contributed by atoms with Gasteiger partial charge in [0.2, 0.25) is 0 Å². The van der Waals surface area contributed by atoms with E-state index in [2.05, 4.69) is 36.5 Å². The first kappa shape index (κ1) is 16.1. The highest BCUT2D eigenvalue weighted by atomic mass is 19.3. The van der Waals surface area contributed by atoms with Gasteiger partial charge in [-0.05, 0) is 31.1 Å². The second-order valence-corrected chi connectivity index (χ2v) is 4.82. The third-order valence-electron chi connectivity index (χ3n) is 3.18. The molecule has 4 heteroatoms. The fourth-order valence-corrected chi connectivity index (χ4v) is 2.14. The fraction of sp³-hybridized carbons (Fsp3) is 0.600. The number of nitrogens with zero attached hydrogens (tertiary/aromatic N) is 1. The summed E-state index contributed by atoms with van der Waals surface area (Å²) in [4.78, 5) is 1.67. The Morgan fingerprint density at radius 2 is 1.74 bits per heavy atom. The number of hydrogen-bond donors (Lipinski definition) is 1. The summed E-state index contributed by atoms with van der Waals surface area (Å²) in [7, 11) is 1.73. The Morgan fingerprint density at radius 1 is 1.11 bits per heavy atom. The average molecular weight is 270 g/mol. The molecule has 0 saturated carbocycles.